The number of aromatic nitrogens is 3. The van der Waals surface area contributed by atoms with Crippen LogP contribution in [-0.2, 0) is 46.2 Å². The molecule has 1 aromatic heterocycles. The van der Waals surface area contributed by atoms with Crippen molar-refractivity contribution in [2.45, 2.75) is 132 Å². The molecule has 2 rings (SSSR count). The van der Waals surface area contributed by atoms with Crippen molar-refractivity contribution in [2.75, 3.05) is 18.5 Å². The van der Waals surface area contributed by atoms with Gasteiger partial charge in [0, 0.05) is 30.8 Å². The quantitative estimate of drug-likeness (QED) is 0.193. The van der Waals surface area contributed by atoms with Crippen molar-refractivity contribution in [3.05, 3.63) is 41.7 Å². The monoisotopic (exact) mass is 670 g/mol. The summed E-state index contributed by atoms with van der Waals surface area (Å²) in [4.78, 5) is 49.5. The maximum atomic E-state index is 13.0. The summed E-state index contributed by atoms with van der Waals surface area (Å²) < 4.78 is 13.0. The van der Waals surface area contributed by atoms with E-state index in [2.05, 4.69) is 74.7 Å². The molecule has 1 unspecified atom stereocenters. The van der Waals surface area contributed by atoms with Crippen LogP contribution in [0.2, 0.25) is 0 Å². The zero-order valence-electron chi connectivity index (χ0n) is 31.1. The molecule has 0 fully saturated rings. The van der Waals surface area contributed by atoms with Crippen LogP contribution in [0.4, 0.5) is 5.69 Å². The maximum Gasteiger partial charge on any atom is 0.302 e. The summed E-state index contributed by atoms with van der Waals surface area (Å²) >= 11 is 0. The van der Waals surface area contributed by atoms with E-state index in [1.165, 1.54) is 6.92 Å². The maximum absolute atomic E-state index is 13.0. The van der Waals surface area contributed by atoms with Gasteiger partial charge in [0.1, 0.15) is 12.6 Å². The minimum atomic E-state index is -0.829. The molecule has 0 aliphatic carbocycles. The molecule has 0 bridgehead atoms. The van der Waals surface area contributed by atoms with Crippen LogP contribution in [0.5, 0.6) is 0 Å². The third kappa shape index (κ3) is 13.7. The Labute approximate surface area is 286 Å². The molecule has 0 radical (unpaired) electrons. The summed E-state index contributed by atoms with van der Waals surface area (Å²) in [5.74, 6) is -1.79. The Hall–Kier alpha value is -3.80. The average Bonchev–Trinajstić information content (AvgIpc) is 3.45. The van der Waals surface area contributed by atoms with E-state index >= 15 is 0 Å². The van der Waals surface area contributed by atoms with Gasteiger partial charge in [-0.2, -0.15) is 0 Å². The van der Waals surface area contributed by atoms with Gasteiger partial charge in [0.2, 0.25) is 17.7 Å². The zero-order valence-corrected chi connectivity index (χ0v) is 31.1. The minimum absolute atomic E-state index is 0.0479. The zero-order chi connectivity index (χ0) is 36.5. The molecule has 0 aliphatic rings. The highest BCUT2D eigenvalue weighted by atomic mass is 16.5. The fourth-order valence-electron chi connectivity index (χ4n) is 5.53. The van der Waals surface area contributed by atoms with Crippen LogP contribution >= 0.6 is 0 Å². The van der Waals surface area contributed by atoms with Crippen molar-refractivity contribution in [1.82, 2.24) is 25.6 Å². The van der Waals surface area contributed by atoms with Gasteiger partial charge in [-0.3, -0.25) is 19.2 Å². The van der Waals surface area contributed by atoms with Gasteiger partial charge in [0.05, 0.1) is 29.8 Å². The third-order valence-electron chi connectivity index (χ3n) is 7.94. The third-order valence-corrected chi connectivity index (χ3v) is 7.94. The van der Waals surface area contributed by atoms with Crippen molar-refractivity contribution >= 4 is 29.4 Å². The van der Waals surface area contributed by atoms with E-state index in [0.29, 0.717) is 18.7 Å². The second-order valence-corrected chi connectivity index (χ2v) is 16.0. The summed E-state index contributed by atoms with van der Waals surface area (Å²) in [5.41, 5.74) is 1.17. The number of esters is 1. The van der Waals surface area contributed by atoms with E-state index < -0.39 is 23.5 Å². The van der Waals surface area contributed by atoms with Crippen LogP contribution in [0.3, 0.4) is 0 Å². The van der Waals surface area contributed by atoms with Gasteiger partial charge in [-0.15, -0.1) is 5.10 Å². The number of nitrogens with zero attached hydrogens (tertiary/aromatic N) is 3. The van der Waals surface area contributed by atoms with Crippen molar-refractivity contribution in [2.24, 2.45) is 11.3 Å². The van der Waals surface area contributed by atoms with Gasteiger partial charge < -0.3 is 25.4 Å². The lowest BCUT2D eigenvalue weighted by Gasteiger charge is -2.31. The molecule has 1 atom stereocenters. The number of benzene rings is 1. The molecule has 0 spiro atoms. The number of hydrogen-bond acceptors (Lipinski definition) is 8. The first-order valence-electron chi connectivity index (χ1n) is 16.7. The Morgan fingerprint density at radius 1 is 0.917 bits per heavy atom. The second kappa shape index (κ2) is 16.5. The summed E-state index contributed by atoms with van der Waals surface area (Å²) in [7, 11) is 0. The van der Waals surface area contributed by atoms with Crippen LogP contribution in [0.25, 0.3) is 0 Å². The molecule has 0 aliphatic heterocycles. The molecule has 1 aromatic carbocycles. The Bertz CT molecular complexity index is 1390. The fraction of sp³-hybridized carbons (Fsp3) is 0.667. The number of carbonyl (C=O) groups excluding carboxylic acids is 4. The molecule has 0 saturated heterocycles. The van der Waals surface area contributed by atoms with Gasteiger partial charge in [-0.1, -0.05) is 65.8 Å². The van der Waals surface area contributed by atoms with E-state index in [1.54, 1.807) is 24.3 Å². The molecular formula is C36H58N6O6. The van der Waals surface area contributed by atoms with Crippen molar-refractivity contribution in [3.63, 3.8) is 0 Å². The normalized spacial score (nSPS) is 13.2. The summed E-state index contributed by atoms with van der Waals surface area (Å²) in [6, 6.07) is 6.00. The Kier molecular flexibility index (Phi) is 13.9. The van der Waals surface area contributed by atoms with E-state index in [1.807, 2.05) is 38.6 Å². The van der Waals surface area contributed by atoms with Gasteiger partial charge in [-0.25, -0.2) is 4.68 Å². The van der Waals surface area contributed by atoms with Crippen LogP contribution in [0, 0.1) is 11.3 Å². The Balaban J connectivity index is 1.86. The summed E-state index contributed by atoms with van der Waals surface area (Å²) in [5, 5.41) is 17.1. The van der Waals surface area contributed by atoms with Crippen LogP contribution in [0.1, 0.15) is 114 Å². The highest BCUT2D eigenvalue weighted by molar-refractivity contribution is 5.96. The fourth-order valence-corrected chi connectivity index (χ4v) is 5.53. The van der Waals surface area contributed by atoms with E-state index in [4.69, 9.17) is 9.47 Å². The number of nitrogens with one attached hydrogen (secondary N) is 3. The van der Waals surface area contributed by atoms with Crippen LogP contribution < -0.4 is 16.0 Å². The number of carbonyl (C=O) groups is 4. The smallest absolute Gasteiger partial charge is 0.302 e. The highest BCUT2D eigenvalue weighted by Crippen LogP contribution is 2.35. The molecular weight excluding hydrogens is 612 g/mol. The number of hydrogen-bond donors (Lipinski definition) is 3. The molecule has 3 amide bonds. The second-order valence-electron chi connectivity index (χ2n) is 16.0. The lowest BCUT2D eigenvalue weighted by atomic mass is 9.74. The van der Waals surface area contributed by atoms with Gasteiger partial charge in [-0.05, 0) is 69.6 Å². The van der Waals surface area contributed by atoms with Gasteiger partial charge >= 0.3 is 5.97 Å². The molecule has 48 heavy (non-hydrogen) atoms. The number of ether oxygens (including phenoxy) is 2. The van der Waals surface area contributed by atoms with Crippen molar-refractivity contribution in [1.29, 1.82) is 0 Å². The predicted octanol–water partition coefficient (Wildman–Crippen LogP) is 5.26. The van der Waals surface area contributed by atoms with Crippen LogP contribution in [-0.4, -0.2) is 63.5 Å². The SMILES string of the molecule is CC(=O)OCc1ccc(NC(=O)CNC(=O)C(NC(=O)CC(C)(C)OCCC(C)(C)n2cc(C(C)(C)CC(C)(C)C)nn2)C(C)C)cc1. The average molecular weight is 671 g/mol. The largest absolute Gasteiger partial charge is 0.461 e. The first kappa shape index (κ1) is 40.4. The summed E-state index contributed by atoms with van der Waals surface area (Å²) in [6.45, 7) is 24.2. The van der Waals surface area contributed by atoms with Crippen molar-refractivity contribution in [3.8, 4) is 0 Å². The van der Waals surface area contributed by atoms with E-state index in [-0.39, 0.29) is 53.7 Å². The molecule has 2 aromatic rings. The molecule has 1 heterocycles. The lowest BCUT2D eigenvalue weighted by Crippen LogP contribution is -2.52. The lowest BCUT2D eigenvalue weighted by molar-refractivity contribution is -0.142. The predicted molar refractivity (Wildman–Crippen MR) is 186 cm³/mol. The Morgan fingerprint density at radius 2 is 1.54 bits per heavy atom. The topological polar surface area (TPSA) is 154 Å². The molecule has 12 heteroatoms. The Morgan fingerprint density at radius 3 is 2.10 bits per heavy atom. The minimum Gasteiger partial charge on any atom is -0.461 e. The number of amides is 3. The number of rotatable bonds is 17. The molecule has 3 N–H and O–H groups in total. The molecule has 0 saturated carbocycles. The van der Waals surface area contributed by atoms with E-state index in [9.17, 15) is 19.2 Å². The first-order valence-corrected chi connectivity index (χ1v) is 16.7. The van der Waals surface area contributed by atoms with E-state index in [0.717, 1.165) is 17.7 Å². The van der Waals surface area contributed by atoms with Gasteiger partial charge in [0.15, 0.2) is 0 Å². The van der Waals surface area contributed by atoms with Crippen LogP contribution in [0.15, 0.2) is 30.5 Å². The standard InChI is InChI=1S/C36H58N6O6/c1-24(2)31(32(46)37-20-30(45)38-27-15-13-26(14-16-27)22-47-25(3)43)39-29(44)19-36(11,12)48-18-17-35(9,10)42-21-28(40-41-42)34(7,8)23-33(4,5)6/h13-16,21,24,31H,17-20,22-23H2,1-12H3,(H,37,46)(H,38,45)(H,39,44). The van der Waals surface area contributed by atoms with Crippen molar-refractivity contribution < 1.29 is 28.7 Å². The molecule has 268 valence electrons. The molecule has 12 nitrogen and oxygen atoms in total. The first-order chi connectivity index (χ1) is 22.0. The number of anilines is 1. The highest BCUT2D eigenvalue weighted by Gasteiger charge is 2.33. The summed E-state index contributed by atoms with van der Waals surface area (Å²) in [6.07, 6.45) is 3.70. The van der Waals surface area contributed by atoms with Gasteiger partial charge in [0.25, 0.3) is 0 Å².